The molecule has 0 aliphatic carbocycles. The first-order valence-electron chi connectivity index (χ1n) is 5.47. The summed E-state index contributed by atoms with van der Waals surface area (Å²) in [5.41, 5.74) is 0. The van der Waals surface area contributed by atoms with E-state index in [1.54, 1.807) is 0 Å². The van der Waals surface area contributed by atoms with Crippen LogP contribution in [-0.4, -0.2) is 63.5 Å². The van der Waals surface area contributed by atoms with Crippen molar-refractivity contribution >= 4 is 29.5 Å². The van der Waals surface area contributed by atoms with Gasteiger partial charge in [-0.2, -0.15) is 0 Å². The van der Waals surface area contributed by atoms with Crippen LogP contribution in [0.2, 0.25) is 0 Å². The molecule has 1 N–H and O–H groups in total. The molecule has 2 aliphatic rings. The SMILES string of the molecule is O=C(O)[C@@H]1CCCN1C(=O)CN1CSCC1=O. The molecule has 0 aromatic carbocycles. The Bertz CT molecular complexity index is 360. The van der Waals surface area contributed by atoms with E-state index < -0.39 is 12.0 Å². The highest BCUT2D eigenvalue weighted by Gasteiger charge is 2.35. The molecule has 0 bridgehead atoms. The second-order valence-electron chi connectivity index (χ2n) is 4.15. The zero-order valence-electron chi connectivity index (χ0n) is 9.29. The summed E-state index contributed by atoms with van der Waals surface area (Å²) in [6, 6.07) is -0.715. The zero-order valence-corrected chi connectivity index (χ0v) is 10.1. The molecule has 0 unspecified atom stereocenters. The van der Waals surface area contributed by atoms with Crippen LogP contribution >= 0.6 is 11.8 Å². The third-order valence-electron chi connectivity index (χ3n) is 3.01. The quantitative estimate of drug-likeness (QED) is 0.745. The average molecular weight is 258 g/mol. The largest absolute Gasteiger partial charge is 0.480 e. The Balaban J connectivity index is 1.95. The first-order valence-corrected chi connectivity index (χ1v) is 6.63. The van der Waals surface area contributed by atoms with Crippen molar-refractivity contribution in [2.75, 3.05) is 24.7 Å². The van der Waals surface area contributed by atoms with Gasteiger partial charge in [0.1, 0.15) is 12.6 Å². The Labute approximate surface area is 103 Å². The van der Waals surface area contributed by atoms with E-state index in [0.717, 1.165) is 0 Å². The lowest BCUT2D eigenvalue weighted by molar-refractivity contribution is -0.149. The Hall–Kier alpha value is -1.24. The Morgan fingerprint density at radius 2 is 2.24 bits per heavy atom. The van der Waals surface area contributed by atoms with E-state index in [2.05, 4.69) is 0 Å². The number of hydrogen-bond donors (Lipinski definition) is 1. The van der Waals surface area contributed by atoms with Gasteiger partial charge in [0.05, 0.1) is 11.6 Å². The fourth-order valence-corrected chi connectivity index (χ4v) is 3.02. The molecule has 0 radical (unpaired) electrons. The van der Waals surface area contributed by atoms with Gasteiger partial charge in [-0.05, 0) is 12.8 Å². The van der Waals surface area contributed by atoms with Gasteiger partial charge in [0, 0.05) is 6.54 Å². The number of carboxylic acid groups (broad SMARTS) is 1. The molecule has 17 heavy (non-hydrogen) atoms. The second kappa shape index (κ2) is 4.95. The molecule has 2 heterocycles. The molecule has 0 aromatic heterocycles. The maximum Gasteiger partial charge on any atom is 0.326 e. The summed E-state index contributed by atoms with van der Waals surface area (Å²) in [4.78, 5) is 37.1. The minimum atomic E-state index is -0.960. The van der Waals surface area contributed by atoms with Crippen LogP contribution in [0.3, 0.4) is 0 Å². The second-order valence-corrected chi connectivity index (χ2v) is 5.11. The normalized spacial score (nSPS) is 24.5. The highest BCUT2D eigenvalue weighted by molar-refractivity contribution is 8.00. The van der Waals surface area contributed by atoms with E-state index in [0.29, 0.717) is 31.0 Å². The summed E-state index contributed by atoms with van der Waals surface area (Å²) in [5, 5.41) is 8.97. The van der Waals surface area contributed by atoms with Crippen molar-refractivity contribution in [3.63, 3.8) is 0 Å². The molecular weight excluding hydrogens is 244 g/mol. The lowest BCUT2D eigenvalue weighted by atomic mass is 10.2. The molecule has 6 nitrogen and oxygen atoms in total. The number of carbonyl (C=O) groups excluding carboxylic acids is 2. The van der Waals surface area contributed by atoms with Crippen LogP contribution in [0.15, 0.2) is 0 Å². The minimum absolute atomic E-state index is 0.00954. The maximum atomic E-state index is 11.9. The van der Waals surface area contributed by atoms with Crippen molar-refractivity contribution in [3.05, 3.63) is 0 Å². The van der Waals surface area contributed by atoms with E-state index in [-0.39, 0.29) is 18.4 Å². The molecule has 2 fully saturated rings. The average Bonchev–Trinajstić information content (AvgIpc) is 2.87. The molecule has 94 valence electrons. The number of rotatable bonds is 3. The Morgan fingerprint density at radius 3 is 2.82 bits per heavy atom. The summed E-state index contributed by atoms with van der Waals surface area (Å²) in [7, 11) is 0. The highest BCUT2D eigenvalue weighted by atomic mass is 32.2. The summed E-state index contributed by atoms with van der Waals surface area (Å²) >= 11 is 1.47. The van der Waals surface area contributed by atoms with Gasteiger partial charge in [-0.1, -0.05) is 0 Å². The molecule has 2 rings (SSSR count). The maximum absolute atomic E-state index is 11.9. The Morgan fingerprint density at radius 1 is 1.47 bits per heavy atom. The van der Waals surface area contributed by atoms with Gasteiger partial charge in [0.25, 0.3) is 0 Å². The van der Waals surface area contributed by atoms with Gasteiger partial charge < -0.3 is 14.9 Å². The molecular formula is C10H14N2O4S. The Kier molecular flexibility index (Phi) is 3.56. The van der Waals surface area contributed by atoms with Crippen LogP contribution < -0.4 is 0 Å². The van der Waals surface area contributed by atoms with Crippen LogP contribution in [0.5, 0.6) is 0 Å². The van der Waals surface area contributed by atoms with E-state index >= 15 is 0 Å². The standard InChI is InChI=1S/C10H14N2O4S/c13-8(4-11-6-17-5-9(11)14)12-3-1-2-7(12)10(15)16/h7H,1-6H2,(H,15,16)/t7-/m0/s1. The summed E-state index contributed by atoms with van der Waals surface area (Å²) in [6.07, 6.45) is 1.22. The van der Waals surface area contributed by atoms with Crippen LogP contribution in [-0.2, 0) is 14.4 Å². The van der Waals surface area contributed by atoms with Crippen LogP contribution in [0, 0.1) is 0 Å². The fourth-order valence-electron chi connectivity index (χ4n) is 2.12. The van der Waals surface area contributed by atoms with Crippen LogP contribution in [0.1, 0.15) is 12.8 Å². The zero-order chi connectivity index (χ0) is 12.4. The topological polar surface area (TPSA) is 77.9 Å². The van der Waals surface area contributed by atoms with Gasteiger partial charge in [-0.15, -0.1) is 11.8 Å². The first kappa shape index (κ1) is 12.2. The third-order valence-corrected chi connectivity index (χ3v) is 3.96. The number of carbonyl (C=O) groups is 3. The van der Waals surface area contributed by atoms with Crippen LogP contribution in [0.25, 0.3) is 0 Å². The lowest BCUT2D eigenvalue weighted by Gasteiger charge is -2.24. The lowest BCUT2D eigenvalue weighted by Crippen LogP contribution is -2.45. The van der Waals surface area contributed by atoms with Crippen molar-refractivity contribution in [1.82, 2.24) is 9.80 Å². The van der Waals surface area contributed by atoms with Crippen molar-refractivity contribution in [2.45, 2.75) is 18.9 Å². The summed E-state index contributed by atoms with van der Waals surface area (Å²) in [5.74, 6) is -0.329. The third kappa shape index (κ3) is 2.54. The molecule has 2 saturated heterocycles. The minimum Gasteiger partial charge on any atom is -0.480 e. The summed E-state index contributed by atoms with van der Waals surface area (Å²) < 4.78 is 0. The molecule has 0 aromatic rings. The van der Waals surface area contributed by atoms with E-state index in [9.17, 15) is 14.4 Å². The van der Waals surface area contributed by atoms with E-state index in [1.165, 1.54) is 21.6 Å². The number of amides is 2. The first-order chi connectivity index (χ1) is 8.09. The molecule has 2 aliphatic heterocycles. The van der Waals surface area contributed by atoms with Crippen molar-refractivity contribution in [3.8, 4) is 0 Å². The number of carboxylic acids is 1. The number of aliphatic carboxylic acids is 1. The predicted molar refractivity (Wildman–Crippen MR) is 61.4 cm³/mol. The van der Waals surface area contributed by atoms with Gasteiger partial charge in [-0.25, -0.2) is 4.79 Å². The van der Waals surface area contributed by atoms with E-state index in [1.807, 2.05) is 0 Å². The molecule has 0 saturated carbocycles. The number of thioether (sulfide) groups is 1. The van der Waals surface area contributed by atoms with Gasteiger partial charge in [-0.3, -0.25) is 9.59 Å². The number of likely N-dealkylation sites (tertiary alicyclic amines) is 1. The van der Waals surface area contributed by atoms with Crippen molar-refractivity contribution in [2.24, 2.45) is 0 Å². The van der Waals surface area contributed by atoms with Gasteiger partial charge in [0.2, 0.25) is 11.8 Å². The fraction of sp³-hybridized carbons (Fsp3) is 0.700. The monoisotopic (exact) mass is 258 g/mol. The van der Waals surface area contributed by atoms with Crippen molar-refractivity contribution < 1.29 is 19.5 Å². The predicted octanol–water partition coefficient (Wildman–Crippen LogP) is -0.405. The van der Waals surface area contributed by atoms with E-state index in [4.69, 9.17) is 5.11 Å². The van der Waals surface area contributed by atoms with Gasteiger partial charge >= 0.3 is 5.97 Å². The smallest absolute Gasteiger partial charge is 0.326 e. The molecule has 0 spiro atoms. The molecule has 7 heteroatoms. The summed E-state index contributed by atoms with van der Waals surface area (Å²) in [6.45, 7) is 0.487. The molecule has 1 atom stereocenters. The highest BCUT2D eigenvalue weighted by Crippen LogP contribution is 2.19. The van der Waals surface area contributed by atoms with Crippen molar-refractivity contribution in [1.29, 1.82) is 0 Å². The number of nitrogens with zero attached hydrogens (tertiary/aromatic N) is 2. The van der Waals surface area contributed by atoms with Gasteiger partial charge in [0.15, 0.2) is 0 Å². The van der Waals surface area contributed by atoms with Crippen LogP contribution in [0.4, 0.5) is 0 Å². The number of hydrogen-bond acceptors (Lipinski definition) is 4. The molecule has 2 amide bonds.